The maximum atomic E-state index is 12.1. The van der Waals surface area contributed by atoms with Gasteiger partial charge in [0.1, 0.15) is 8.68 Å². The molecule has 7 heteroatoms. The van der Waals surface area contributed by atoms with Crippen molar-refractivity contribution in [2.24, 2.45) is 5.14 Å². The van der Waals surface area contributed by atoms with Crippen molar-refractivity contribution in [3.63, 3.8) is 0 Å². The lowest BCUT2D eigenvalue weighted by molar-refractivity contribution is -0.137. The Labute approximate surface area is 83.7 Å². The van der Waals surface area contributed by atoms with Gasteiger partial charge in [-0.1, -0.05) is 0 Å². The second-order valence-electron chi connectivity index (χ2n) is 2.57. The molecule has 0 spiro atoms. The molecule has 0 fully saturated rings. The summed E-state index contributed by atoms with van der Waals surface area (Å²) < 4.78 is 47.3. The second kappa shape index (κ2) is 3.48. The molecule has 1 aromatic rings. The van der Waals surface area contributed by atoms with Crippen molar-refractivity contribution in [1.82, 2.24) is 0 Å². The SMILES string of the molecule is NS(=O)(=S)c1ccc(C(F)(F)F)cc1. The van der Waals surface area contributed by atoms with Crippen molar-refractivity contribution in [1.29, 1.82) is 0 Å². The summed E-state index contributed by atoms with van der Waals surface area (Å²) in [6, 6.07) is 3.65. The molecule has 0 bridgehead atoms. The van der Waals surface area contributed by atoms with E-state index >= 15 is 0 Å². The summed E-state index contributed by atoms with van der Waals surface area (Å²) in [7, 11) is -3.10. The zero-order valence-electron chi connectivity index (χ0n) is 6.75. The summed E-state index contributed by atoms with van der Waals surface area (Å²) in [5.41, 5.74) is -0.820. The predicted molar refractivity (Wildman–Crippen MR) is 49.4 cm³/mol. The number of hydrogen-bond donors (Lipinski definition) is 1. The highest BCUT2D eigenvalue weighted by atomic mass is 32.8. The van der Waals surface area contributed by atoms with Gasteiger partial charge in [-0.2, -0.15) is 13.2 Å². The first-order valence-electron chi connectivity index (χ1n) is 3.41. The van der Waals surface area contributed by atoms with E-state index in [1.165, 1.54) is 0 Å². The van der Waals surface area contributed by atoms with Gasteiger partial charge in [0, 0.05) is 11.2 Å². The molecular weight excluding hydrogens is 235 g/mol. The lowest BCUT2D eigenvalue weighted by atomic mass is 10.2. The number of nitrogens with two attached hydrogens (primary N) is 1. The summed E-state index contributed by atoms with van der Waals surface area (Å²) in [6.45, 7) is 0. The Morgan fingerprint density at radius 1 is 1.21 bits per heavy atom. The minimum Gasteiger partial charge on any atom is -0.247 e. The second-order valence-corrected chi connectivity index (χ2v) is 5.61. The fourth-order valence-corrected chi connectivity index (χ4v) is 1.68. The summed E-state index contributed by atoms with van der Waals surface area (Å²) in [6.07, 6.45) is -4.41. The first-order chi connectivity index (χ1) is 6.21. The van der Waals surface area contributed by atoms with E-state index in [-0.39, 0.29) is 4.90 Å². The quantitative estimate of drug-likeness (QED) is 0.813. The van der Waals surface area contributed by atoms with Crippen LogP contribution in [-0.4, -0.2) is 4.21 Å². The summed E-state index contributed by atoms with van der Waals surface area (Å²) >= 11 is 4.41. The highest BCUT2D eigenvalue weighted by Gasteiger charge is 2.30. The minimum atomic E-state index is -4.41. The van der Waals surface area contributed by atoms with E-state index in [0.29, 0.717) is 0 Å². The van der Waals surface area contributed by atoms with Crippen LogP contribution in [0.3, 0.4) is 0 Å². The van der Waals surface area contributed by atoms with Crippen molar-refractivity contribution >= 4 is 19.9 Å². The van der Waals surface area contributed by atoms with Gasteiger partial charge in [-0.05, 0) is 24.3 Å². The molecule has 2 nitrogen and oxygen atoms in total. The van der Waals surface area contributed by atoms with Gasteiger partial charge < -0.3 is 0 Å². The van der Waals surface area contributed by atoms with E-state index in [1.54, 1.807) is 0 Å². The lowest BCUT2D eigenvalue weighted by Crippen LogP contribution is -2.11. The van der Waals surface area contributed by atoms with Crippen LogP contribution in [0.1, 0.15) is 5.56 Å². The van der Waals surface area contributed by atoms with Crippen LogP contribution in [0.5, 0.6) is 0 Å². The fourth-order valence-electron chi connectivity index (χ4n) is 0.834. The zero-order chi connectivity index (χ0) is 11.0. The third kappa shape index (κ3) is 2.66. The Balaban J connectivity index is 3.14. The fraction of sp³-hybridized carbons (Fsp3) is 0.143. The van der Waals surface area contributed by atoms with Crippen molar-refractivity contribution in [2.75, 3.05) is 0 Å². The van der Waals surface area contributed by atoms with E-state index in [9.17, 15) is 17.4 Å². The Hall–Kier alpha value is -0.660. The van der Waals surface area contributed by atoms with Gasteiger partial charge in [-0.25, -0.2) is 9.35 Å². The Kier molecular flexibility index (Phi) is 2.84. The van der Waals surface area contributed by atoms with Gasteiger partial charge >= 0.3 is 6.18 Å². The molecule has 1 atom stereocenters. The van der Waals surface area contributed by atoms with E-state index in [0.717, 1.165) is 24.3 Å². The largest absolute Gasteiger partial charge is 0.416 e. The van der Waals surface area contributed by atoms with Gasteiger partial charge in [0.05, 0.1) is 10.5 Å². The third-order valence-electron chi connectivity index (χ3n) is 1.51. The number of rotatable bonds is 1. The summed E-state index contributed by atoms with van der Waals surface area (Å²) in [5, 5.41) is 5.08. The van der Waals surface area contributed by atoms with Gasteiger partial charge in [0.2, 0.25) is 0 Å². The molecule has 0 aromatic heterocycles. The normalized spacial score (nSPS) is 16.3. The average Bonchev–Trinajstić information content (AvgIpc) is 2.01. The molecule has 0 saturated carbocycles. The van der Waals surface area contributed by atoms with Crippen LogP contribution in [0.15, 0.2) is 29.2 Å². The van der Waals surface area contributed by atoms with E-state index in [1.807, 2.05) is 0 Å². The van der Waals surface area contributed by atoms with Gasteiger partial charge in [0.25, 0.3) is 0 Å². The molecule has 2 N–H and O–H groups in total. The minimum absolute atomic E-state index is 0.0282. The molecule has 1 unspecified atom stereocenters. The van der Waals surface area contributed by atoms with Crippen molar-refractivity contribution in [2.45, 2.75) is 11.1 Å². The van der Waals surface area contributed by atoms with E-state index in [2.05, 4.69) is 11.2 Å². The molecule has 0 aliphatic rings. The van der Waals surface area contributed by atoms with Crippen LogP contribution >= 0.6 is 0 Å². The third-order valence-corrected chi connectivity index (χ3v) is 3.02. The topological polar surface area (TPSA) is 43.1 Å². The molecule has 1 rings (SSSR count). The summed E-state index contributed by atoms with van der Waals surface area (Å²) in [4.78, 5) is 0.0282. The molecule has 0 saturated heterocycles. The first-order valence-corrected chi connectivity index (χ1v) is 5.96. The molecule has 0 aliphatic carbocycles. The Morgan fingerprint density at radius 2 is 1.64 bits per heavy atom. The monoisotopic (exact) mass is 241 g/mol. The Bertz CT molecular complexity index is 421. The maximum Gasteiger partial charge on any atom is 0.416 e. The van der Waals surface area contributed by atoms with Crippen LogP contribution in [0.4, 0.5) is 13.2 Å². The number of halogens is 3. The smallest absolute Gasteiger partial charge is 0.247 e. The predicted octanol–water partition coefficient (Wildman–Crippen LogP) is 1.68. The Morgan fingerprint density at radius 3 is 1.93 bits per heavy atom. The highest BCUT2D eigenvalue weighted by Crippen LogP contribution is 2.29. The first kappa shape index (κ1) is 11.4. The van der Waals surface area contributed by atoms with Crippen LogP contribution < -0.4 is 5.14 Å². The number of alkyl halides is 3. The maximum absolute atomic E-state index is 12.1. The molecular formula is C7H6F3NOS2. The van der Waals surface area contributed by atoms with Crippen molar-refractivity contribution in [3.05, 3.63) is 29.8 Å². The van der Waals surface area contributed by atoms with Crippen molar-refractivity contribution in [3.8, 4) is 0 Å². The summed E-state index contributed by atoms with van der Waals surface area (Å²) in [5.74, 6) is 0. The molecule has 0 aliphatic heterocycles. The standard InChI is InChI=1S/C7H6F3NOS2/c8-7(9,10)5-1-3-6(4-2-5)14(11,12)13/h1-4H,(H2,11,12,13). The van der Waals surface area contributed by atoms with Gasteiger partial charge in [-0.3, -0.25) is 0 Å². The van der Waals surface area contributed by atoms with Crippen molar-refractivity contribution < 1.29 is 17.4 Å². The molecule has 78 valence electrons. The van der Waals surface area contributed by atoms with Crippen LogP contribution in [0, 0.1) is 0 Å². The molecule has 14 heavy (non-hydrogen) atoms. The molecule has 1 aromatic carbocycles. The van der Waals surface area contributed by atoms with Gasteiger partial charge in [0.15, 0.2) is 0 Å². The van der Waals surface area contributed by atoms with Gasteiger partial charge in [-0.15, -0.1) is 0 Å². The van der Waals surface area contributed by atoms with E-state index in [4.69, 9.17) is 5.14 Å². The number of hydrogen-bond acceptors (Lipinski definition) is 2. The molecule has 0 amide bonds. The van der Waals surface area contributed by atoms with Crippen LogP contribution in [0.25, 0.3) is 0 Å². The van der Waals surface area contributed by atoms with E-state index < -0.39 is 20.4 Å². The number of benzene rings is 1. The lowest BCUT2D eigenvalue weighted by Gasteiger charge is -2.07. The molecule has 0 radical (unpaired) electrons. The van der Waals surface area contributed by atoms with Crippen LogP contribution in [-0.2, 0) is 26.0 Å². The zero-order valence-corrected chi connectivity index (χ0v) is 8.38. The molecule has 0 heterocycles. The average molecular weight is 241 g/mol. The highest BCUT2D eigenvalue weighted by molar-refractivity contribution is 8.31. The van der Waals surface area contributed by atoms with Crippen LogP contribution in [0.2, 0.25) is 0 Å².